The molecule has 182 valence electrons. The van der Waals surface area contributed by atoms with Crippen LogP contribution in [0.15, 0.2) is 49.2 Å². The number of fused-ring (bicyclic) bond motifs is 1. The number of ether oxygens (including phenoxy) is 1. The molecule has 0 N–H and O–H groups in total. The molecule has 0 fully saturated rings. The van der Waals surface area contributed by atoms with Gasteiger partial charge in [-0.3, -0.25) is 15.0 Å². The van der Waals surface area contributed by atoms with Gasteiger partial charge in [0.25, 0.3) is 0 Å². The van der Waals surface area contributed by atoms with Crippen molar-refractivity contribution in [3.63, 3.8) is 0 Å². The summed E-state index contributed by atoms with van der Waals surface area (Å²) in [4.78, 5) is 22.5. The van der Waals surface area contributed by atoms with Crippen LogP contribution in [-0.4, -0.2) is 38.6 Å². The lowest BCUT2D eigenvalue weighted by atomic mass is 10.1. The molecule has 0 spiro atoms. The van der Waals surface area contributed by atoms with Gasteiger partial charge in [-0.1, -0.05) is 11.6 Å². The SMILES string of the molecule is CC(c1nccnc1-c1ccc(OC(F)F)cn1)N(C)c1ncnc2c(C(F)(F)F)cc(Cl)cc12. The predicted molar refractivity (Wildman–Crippen MR) is 118 cm³/mol. The summed E-state index contributed by atoms with van der Waals surface area (Å²) in [5.41, 5.74) is -0.149. The van der Waals surface area contributed by atoms with Gasteiger partial charge in [-0.05, 0) is 31.2 Å². The van der Waals surface area contributed by atoms with E-state index in [9.17, 15) is 22.0 Å². The zero-order valence-corrected chi connectivity index (χ0v) is 18.9. The number of rotatable bonds is 6. The minimum absolute atomic E-state index is 0.110. The number of hydrogen-bond acceptors (Lipinski definition) is 7. The van der Waals surface area contributed by atoms with Crippen LogP contribution in [0.4, 0.5) is 27.8 Å². The summed E-state index contributed by atoms with van der Waals surface area (Å²) in [6, 6.07) is 4.40. The molecule has 4 rings (SSSR count). The Labute approximate surface area is 200 Å². The number of anilines is 1. The summed E-state index contributed by atoms with van der Waals surface area (Å²) in [5, 5.41) is -0.00355. The van der Waals surface area contributed by atoms with Gasteiger partial charge in [0.05, 0.1) is 34.7 Å². The molecule has 0 aliphatic carbocycles. The fraction of sp³-hybridized carbons (Fsp3) is 0.227. The normalized spacial score (nSPS) is 12.7. The smallest absolute Gasteiger partial charge is 0.418 e. The molecule has 0 amide bonds. The quantitative estimate of drug-likeness (QED) is 0.296. The van der Waals surface area contributed by atoms with Gasteiger partial charge in [-0.25, -0.2) is 9.97 Å². The van der Waals surface area contributed by atoms with Crippen molar-refractivity contribution < 1.29 is 26.7 Å². The maximum Gasteiger partial charge on any atom is 0.418 e. The number of alkyl halides is 5. The molecule has 0 radical (unpaired) electrons. The summed E-state index contributed by atoms with van der Waals surface area (Å²) < 4.78 is 69.9. The maximum atomic E-state index is 13.6. The number of nitrogens with zero attached hydrogens (tertiary/aromatic N) is 6. The van der Waals surface area contributed by atoms with E-state index in [4.69, 9.17) is 11.6 Å². The van der Waals surface area contributed by atoms with Gasteiger partial charge in [0, 0.05) is 29.9 Å². The molecule has 0 aliphatic heterocycles. The molecule has 3 aromatic heterocycles. The van der Waals surface area contributed by atoms with E-state index >= 15 is 0 Å². The Kier molecular flexibility index (Phi) is 6.66. The third kappa shape index (κ3) is 5.06. The lowest BCUT2D eigenvalue weighted by molar-refractivity contribution is -0.136. The highest BCUT2D eigenvalue weighted by Crippen LogP contribution is 2.39. The average Bonchev–Trinajstić information content (AvgIpc) is 2.82. The van der Waals surface area contributed by atoms with Crippen molar-refractivity contribution in [1.29, 1.82) is 0 Å². The highest BCUT2D eigenvalue weighted by Gasteiger charge is 2.35. The van der Waals surface area contributed by atoms with Crippen LogP contribution in [0.2, 0.25) is 5.02 Å². The van der Waals surface area contributed by atoms with Gasteiger partial charge in [0.1, 0.15) is 23.6 Å². The fourth-order valence-electron chi connectivity index (χ4n) is 3.53. The molecule has 0 bridgehead atoms. The van der Waals surface area contributed by atoms with Crippen molar-refractivity contribution in [3.05, 3.63) is 65.5 Å². The first kappa shape index (κ1) is 24.5. The minimum atomic E-state index is -4.66. The van der Waals surface area contributed by atoms with E-state index in [1.54, 1.807) is 18.9 Å². The van der Waals surface area contributed by atoms with E-state index in [2.05, 4.69) is 29.7 Å². The highest BCUT2D eigenvalue weighted by molar-refractivity contribution is 6.31. The largest absolute Gasteiger partial charge is 0.433 e. The van der Waals surface area contributed by atoms with E-state index < -0.39 is 24.4 Å². The lowest BCUT2D eigenvalue weighted by Crippen LogP contribution is -2.25. The van der Waals surface area contributed by atoms with E-state index in [1.807, 2.05) is 0 Å². The van der Waals surface area contributed by atoms with Crippen LogP contribution in [-0.2, 0) is 6.18 Å². The third-order valence-electron chi connectivity index (χ3n) is 5.23. The van der Waals surface area contributed by atoms with Crippen molar-refractivity contribution in [1.82, 2.24) is 24.9 Å². The molecular weight excluding hydrogens is 495 g/mol. The van der Waals surface area contributed by atoms with Gasteiger partial charge in [-0.15, -0.1) is 0 Å². The first-order valence-corrected chi connectivity index (χ1v) is 10.4. The Balaban J connectivity index is 1.75. The van der Waals surface area contributed by atoms with Crippen LogP contribution in [0.3, 0.4) is 0 Å². The predicted octanol–water partition coefficient (Wildman–Crippen LogP) is 5.95. The zero-order chi connectivity index (χ0) is 25.3. The van der Waals surface area contributed by atoms with Gasteiger partial charge in [-0.2, -0.15) is 22.0 Å². The van der Waals surface area contributed by atoms with Gasteiger partial charge >= 0.3 is 12.8 Å². The molecule has 0 saturated heterocycles. The third-order valence-corrected chi connectivity index (χ3v) is 5.45. The summed E-state index contributed by atoms with van der Waals surface area (Å²) in [7, 11) is 1.63. The van der Waals surface area contributed by atoms with E-state index in [0.29, 0.717) is 17.1 Å². The van der Waals surface area contributed by atoms with Crippen molar-refractivity contribution in [2.45, 2.75) is 25.8 Å². The Hall–Kier alpha value is -3.67. The van der Waals surface area contributed by atoms with Crippen LogP contribution in [0.25, 0.3) is 22.3 Å². The molecule has 0 aliphatic rings. The Morgan fingerprint density at radius 3 is 2.40 bits per heavy atom. The molecule has 1 atom stereocenters. The molecule has 1 unspecified atom stereocenters. The summed E-state index contributed by atoms with van der Waals surface area (Å²) in [5.74, 6) is 0.0740. The molecule has 7 nitrogen and oxygen atoms in total. The van der Waals surface area contributed by atoms with Crippen LogP contribution in [0.5, 0.6) is 5.75 Å². The van der Waals surface area contributed by atoms with Gasteiger partial charge in [0.2, 0.25) is 0 Å². The number of pyridine rings is 1. The van der Waals surface area contributed by atoms with Crippen LogP contribution in [0.1, 0.15) is 24.2 Å². The monoisotopic (exact) mass is 510 g/mol. The number of aromatic nitrogens is 5. The van der Waals surface area contributed by atoms with Crippen molar-refractivity contribution >= 4 is 28.3 Å². The first-order valence-electron chi connectivity index (χ1n) is 10.0. The Morgan fingerprint density at radius 2 is 1.74 bits per heavy atom. The zero-order valence-electron chi connectivity index (χ0n) is 18.1. The topological polar surface area (TPSA) is 76.9 Å². The van der Waals surface area contributed by atoms with Crippen LogP contribution < -0.4 is 9.64 Å². The Bertz CT molecular complexity index is 1350. The van der Waals surface area contributed by atoms with Crippen molar-refractivity contribution in [3.8, 4) is 17.1 Å². The van der Waals surface area contributed by atoms with Crippen LogP contribution >= 0.6 is 11.6 Å². The number of benzene rings is 1. The standard InChI is InChI=1S/C22H16ClF5N6O/c1-11(17-19(30-6-5-29-17)16-4-3-13(9-31-16)35-21(24)25)34(2)20-14-7-12(23)8-15(22(26,27)28)18(14)32-10-33-20/h3-11,21H,1-2H3. The first-order chi connectivity index (χ1) is 16.6. The second kappa shape index (κ2) is 9.53. The molecular formula is C22H16ClF5N6O. The van der Waals surface area contributed by atoms with Crippen molar-refractivity contribution in [2.24, 2.45) is 0 Å². The van der Waals surface area contributed by atoms with E-state index in [1.165, 1.54) is 30.6 Å². The summed E-state index contributed by atoms with van der Waals surface area (Å²) in [6.07, 6.45) is 0.404. The van der Waals surface area contributed by atoms with Gasteiger partial charge in [0.15, 0.2) is 0 Å². The van der Waals surface area contributed by atoms with Gasteiger partial charge < -0.3 is 9.64 Å². The average molecular weight is 511 g/mol. The number of halogens is 6. The second-order valence-electron chi connectivity index (χ2n) is 7.38. The highest BCUT2D eigenvalue weighted by atomic mass is 35.5. The summed E-state index contributed by atoms with van der Waals surface area (Å²) >= 11 is 5.99. The fourth-order valence-corrected chi connectivity index (χ4v) is 3.75. The van der Waals surface area contributed by atoms with E-state index in [-0.39, 0.29) is 27.5 Å². The molecule has 4 aromatic rings. The molecule has 3 heterocycles. The van der Waals surface area contributed by atoms with Crippen molar-refractivity contribution in [2.75, 3.05) is 11.9 Å². The second-order valence-corrected chi connectivity index (χ2v) is 7.82. The van der Waals surface area contributed by atoms with E-state index in [0.717, 1.165) is 18.6 Å². The molecule has 0 saturated carbocycles. The molecule has 1 aromatic carbocycles. The summed E-state index contributed by atoms with van der Waals surface area (Å²) in [6.45, 7) is -1.23. The maximum absolute atomic E-state index is 13.6. The Morgan fingerprint density at radius 1 is 1.00 bits per heavy atom. The molecule has 35 heavy (non-hydrogen) atoms. The van der Waals surface area contributed by atoms with Crippen LogP contribution in [0, 0.1) is 0 Å². The molecule has 13 heteroatoms. The number of hydrogen-bond donors (Lipinski definition) is 0. The minimum Gasteiger partial charge on any atom is -0.433 e. The lowest BCUT2D eigenvalue weighted by Gasteiger charge is -2.27.